The van der Waals surface area contributed by atoms with E-state index in [4.69, 9.17) is 17.3 Å². The molecule has 0 amide bonds. The summed E-state index contributed by atoms with van der Waals surface area (Å²) in [5.74, 6) is -0.455. The molecule has 4 heteroatoms. The van der Waals surface area contributed by atoms with Crippen molar-refractivity contribution in [3.05, 3.63) is 33.0 Å². The lowest BCUT2D eigenvalue weighted by molar-refractivity contribution is 0.501. The summed E-state index contributed by atoms with van der Waals surface area (Å²) in [5, 5.41) is 0.0797. The van der Waals surface area contributed by atoms with E-state index >= 15 is 0 Å². The van der Waals surface area contributed by atoms with Gasteiger partial charge in [0, 0.05) is 15.6 Å². The van der Waals surface area contributed by atoms with Gasteiger partial charge in [-0.25, -0.2) is 4.39 Å². The van der Waals surface area contributed by atoms with Crippen molar-refractivity contribution in [2.45, 2.75) is 19.4 Å². The molecule has 0 saturated carbocycles. The van der Waals surface area contributed by atoms with E-state index in [1.807, 2.05) is 0 Å². The Kier molecular flexibility index (Phi) is 3.00. The minimum atomic E-state index is -0.714. The van der Waals surface area contributed by atoms with Gasteiger partial charge in [0.25, 0.3) is 0 Å². The Labute approximate surface area is 90.2 Å². The van der Waals surface area contributed by atoms with Crippen LogP contribution in [0.4, 0.5) is 4.39 Å². The van der Waals surface area contributed by atoms with E-state index in [1.54, 1.807) is 26.0 Å². The second-order valence-corrected chi connectivity index (χ2v) is 4.68. The molecule has 1 rings (SSSR count). The first kappa shape index (κ1) is 11.0. The molecule has 0 heterocycles. The molecule has 0 unspecified atom stereocenters. The molecule has 0 aromatic heterocycles. The van der Waals surface area contributed by atoms with Crippen LogP contribution in [0.5, 0.6) is 0 Å². The molecule has 0 spiro atoms. The van der Waals surface area contributed by atoms with E-state index in [-0.39, 0.29) is 5.02 Å². The molecule has 0 aliphatic rings. The number of nitrogens with two attached hydrogens (primary N) is 1. The highest BCUT2D eigenvalue weighted by Crippen LogP contribution is 2.31. The summed E-state index contributed by atoms with van der Waals surface area (Å²) in [6.45, 7) is 3.46. The number of benzene rings is 1. The molecule has 72 valence electrons. The molecular formula is C9H10BrClFN. The Bertz CT molecular complexity index is 333. The highest BCUT2D eigenvalue weighted by atomic mass is 79.9. The van der Waals surface area contributed by atoms with Gasteiger partial charge in [0.05, 0.1) is 5.02 Å². The smallest absolute Gasteiger partial charge is 0.147 e. The number of halogens is 3. The lowest BCUT2D eigenvalue weighted by atomic mass is 9.95. The van der Waals surface area contributed by atoms with E-state index in [9.17, 15) is 4.39 Å². The standard InChI is InChI=1S/C9H10BrClFN/c1-9(2,13)5-3-4-6(10)7(11)8(5)12/h3-4H,13H2,1-2H3. The van der Waals surface area contributed by atoms with Crippen LogP contribution in [-0.2, 0) is 5.54 Å². The third-order valence-electron chi connectivity index (χ3n) is 1.73. The number of hydrogen-bond acceptors (Lipinski definition) is 1. The topological polar surface area (TPSA) is 26.0 Å². The fourth-order valence-electron chi connectivity index (χ4n) is 1.02. The third-order valence-corrected chi connectivity index (χ3v) is 2.99. The molecule has 0 bridgehead atoms. The molecule has 0 saturated heterocycles. The average Bonchev–Trinajstić information content (AvgIpc) is 1.98. The maximum atomic E-state index is 13.5. The zero-order valence-electron chi connectivity index (χ0n) is 7.37. The van der Waals surface area contributed by atoms with Crippen molar-refractivity contribution < 1.29 is 4.39 Å². The first-order valence-electron chi connectivity index (χ1n) is 3.77. The van der Waals surface area contributed by atoms with Crippen molar-refractivity contribution in [1.29, 1.82) is 0 Å². The zero-order chi connectivity index (χ0) is 10.2. The molecule has 1 aromatic carbocycles. The van der Waals surface area contributed by atoms with Crippen molar-refractivity contribution in [2.75, 3.05) is 0 Å². The molecular weight excluding hydrogens is 256 g/mol. The summed E-state index contributed by atoms with van der Waals surface area (Å²) in [4.78, 5) is 0. The molecule has 0 radical (unpaired) electrons. The zero-order valence-corrected chi connectivity index (χ0v) is 9.71. The van der Waals surface area contributed by atoms with Gasteiger partial charge in [0.15, 0.2) is 0 Å². The molecule has 1 nitrogen and oxygen atoms in total. The minimum Gasteiger partial charge on any atom is -0.322 e. The monoisotopic (exact) mass is 265 g/mol. The number of rotatable bonds is 1. The first-order chi connectivity index (χ1) is 5.84. The Morgan fingerprint density at radius 1 is 1.46 bits per heavy atom. The molecule has 0 aliphatic carbocycles. The predicted molar refractivity (Wildman–Crippen MR) is 56.3 cm³/mol. The first-order valence-corrected chi connectivity index (χ1v) is 4.94. The molecule has 0 aliphatic heterocycles. The molecule has 0 atom stereocenters. The Morgan fingerprint density at radius 3 is 2.46 bits per heavy atom. The van der Waals surface area contributed by atoms with Gasteiger partial charge in [-0.2, -0.15) is 0 Å². The van der Waals surface area contributed by atoms with Crippen molar-refractivity contribution in [3.8, 4) is 0 Å². The Hall–Kier alpha value is -0.120. The Morgan fingerprint density at radius 2 is 2.00 bits per heavy atom. The van der Waals surface area contributed by atoms with Crippen LogP contribution in [0.1, 0.15) is 19.4 Å². The van der Waals surface area contributed by atoms with Crippen LogP contribution in [0.25, 0.3) is 0 Å². The van der Waals surface area contributed by atoms with Crippen LogP contribution < -0.4 is 5.73 Å². The van der Waals surface area contributed by atoms with Gasteiger partial charge in [0.1, 0.15) is 5.82 Å². The largest absolute Gasteiger partial charge is 0.322 e. The van der Waals surface area contributed by atoms with Crippen molar-refractivity contribution in [2.24, 2.45) is 5.73 Å². The van der Waals surface area contributed by atoms with Crippen LogP contribution in [0.15, 0.2) is 16.6 Å². The van der Waals surface area contributed by atoms with E-state index in [0.717, 1.165) is 0 Å². The van der Waals surface area contributed by atoms with E-state index in [2.05, 4.69) is 15.9 Å². The normalized spacial score (nSPS) is 11.8. The van der Waals surface area contributed by atoms with Crippen LogP contribution in [0.2, 0.25) is 5.02 Å². The van der Waals surface area contributed by atoms with E-state index in [0.29, 0.717) is 10.0 Å². The quantitative estimate of drug-likeness (QED) is 0.774. The number of hydrogen-bond donors (Lipinski definition) is 1. The summed E-state index contributed by atoms with van der Waals surface area (Å²) in [5.41, 5.74) is 5.47. The summed E-state index contributed by atoms with van der Waals surface area (Å²) < 4.78 is 14.1. The molecule has 13 heavy (non-hydrogen) atoms. The predicted octanol–water partition coefficient (Wildman–Crippen LogP) is 3.44. The van der Waals surface area contributed by atoms with Gasteiger partial charge in [-0.15, -0.1) is 0 Å². The van der Waals surface area contributed by atoms with E-state index < -0.39 is 11.4 Å². The van der Waals surface area contributed by atoms with Crippen molar-refractivity contribution in [3.63, 3.8) is 0 Å². The Balaban J connectivity index is 3.35. The van der Waals surface area contributed by atoms with Crippen LogP contribution >= 0.6 is 27.5 Å². The summed E-state index contributed by atoms with van der Waals surface area (Å²) in [6.07, 6.45) is 0. The SMILES string of the molecule is CC(C)(N)c1ccc(Br)c(Cl)c1F. The van der Waals surface area contributed by atoms with Gasteiger partial charge in [-0.1, -0.05) is 17.7 Å². The molecule has 0 fully saturated rings. The second-order valence-electron chi connectivity index (χ2n) is 3.44. The minimum absolute atomic E-state index is 0.0797. The van der Waals surface area contributed by atoms with Gasteiger partial charge in [-0.3, -0.25) is 0 Å². The third kappa shape index (κ3) is 2.22. The lowest BCUT2D eigenvalue weighted by Crippen LogP contribution is -2.29. The highest BCUT2D eigenvalue weighted by Gasteiger charge is 2.21. The van der Waals surface area contributed by atoms with Gasteiger partial charge in [0.2, 0.25) is 0 Å². The van der Waals surface area contributed by atoms with Gasteiger partial charge < -0.3 is 5.73 Å². The van der Waals surface area contributed by atoms with E-state index in [1.165, 1.54) is 0 Å². The molecule has 1 aromatic rings. The van der Waals surface area contributed by atoms with Crippen LogP contribution in [-0.4, -0.2) is 0 Å². The summed E-state index contributed by atoms with van der Waals surface area (Å²) in [6, 6.07) is 3.32. The lowest BCUT2D eigenvalue weighted by Gasteiger charge is -2.20. The summed E-state index contributed by atoms with van der Waals surface area (Å²) in [7, 11) is 0. The average molecular weight is 267 g/mol. The maximum Gasteiger partial charge on any atom is 0.147 e. The van der Waals surface area contributed by atoms with Crippen LogP contribution in [0.3, 0.4) is 0 Å². The summed E-state index contributed by atoms with van der Waals surface area (Å²) >= 11 is 8.85. The fourth-order valence-corrected chi connectivity index (χ4v) is 1.49. The van der Waals surface area contributed by atoms with Crippen LogP contribution in [0, 0.1) is 5.82 Å². The van der Waals surface area contributed by atoms with Crippen molar-refractivity contribution >= 4 is 27.5 Å². The molecule has 2 N–H and O–H groups in total. The maximum absolute atomic E-state index is 13.5. The highest BCUT2D eigenvalue weighted by molar-refractivity contribution is 9.10. The van der Waals surface area contributed by atoms with Gasteiger partial charge >= 0.3 is 0 Å². The van der Waals surface area contributed by atoms with Crippen molar-refractivity contribution in [1.82, 2.24) is 0 Å². The van der Waals surface area contributed by atoms with Gasteiger partial charge in [-0.05, 0) is 35.8 Å². The fraction of sp³-hybridized carbons (Fsp3) is 0.333. The second kappa shape index (κ2) is 3.56.